The number of carbonyl (C=O) groups excluding carboxylic acids is 1. The number of carboxylic acid groups (broad SMARTS) is 1. The molecule has 1 saturated carbocycles. The number of hydrogen-bond acceptors (Lipinski definition) is 7. The van der Waals surface area contributed by atoms with Gasteiger partial charge in [0, 0.05) is 38.3 Å². The first kappa shape index (κ1) is 26.9. The molecule has 9 nitrogen and oxygen atoms in total. The van der Waals surface area contributed by atoms with Gasteiger partial charge in [0.15, 0.2) is 0 Å². The number of aliphatic carboxylic acids is 1. The second-order valence-electron chi connectivity index (χ2n) is 9.90. The molecule has 0 bridgehead atoms. The fourth-order valence-electron chi connectivity index (χ4n) is 4.55. The molecular formula is C29H35N5O4. The Bertz CT molecular complexity index is 1260. The molecule has 200 valence electrons. The maximum absolute atomic E-state index is 12.3. The minimum absolute atomic E-state index is 0.208. The van der Waals surface area contributed by atoms with Crippen molar-refractivity contribution < 1.29 is 19.4 Å². The van der Waals surface area contributed by atoms with Gasteiger partial charge in [-0.25, -0.2) is 14.6 Å². The summed E-state index contributed by atoms with van der Waals surface area (Å²) in [6.07, 6.45) is 7.24. The summed E-state index contributed by atoms with van der Waals surface area (Å²) in [6, 6.07) is 14.1. The van der Waals surface area contributed by atoms with Gasteiger partial charge in [0.2, 0.25) is 5.95 Å². The maximum atomic E-state index is 12.3. The van der Waals surface area contributed by atoms with E-state index in [0.717, 1.165) is 35.1 Å². The standard InChI is InChI=1S/C29H35N5O4/c1-19-9-7-8-12-23(19)24-18-30-28(31-21-10-5-4-6-11-21)33-26(24)32-25(27(35)36)17-20-13-15-22(16-14-20)38-29(37)34(2)3/h7-9,12-16,18,21,25H,4-6,10-11,17H2,1-3H3,(H,35,36)(H2,30,31,32,33)/t25-/m0/s1. The molecule has 1 aromatic heterocycles. The molecule has 2 aromatic carbocycles. The molecule has 38 heavy (non-hydrogen) atoms. The predicted molar refractivity (Wildman–Crippen MR) is 148 cm³/mol. The van der Waals surface area contributed by atoms with Crippen LogP contribution in [0.3, 0.4) is 0 Å². The number of aromatic nitrogens is 2. The summed E-state index contributed by atoms with van der Waals surface area (Å²) in [4.78, 5) is 34.8. The summed E-state index contributed by atoms with van der Waals surface area (Å²) in [5, 5.41) is 16.7. The lowest BCUT2D eigenvalue weighted by atomic mass is 9.96. The number of carboxylic acids is 1. The summed E-state index contributed by atoms with van der Waals surface area (Å²) >= 11 is 0. The first-order valence-corrected chi connectivity index (χ1v) is 13.0. The van der Waals surface area contributed by atoms with Crippen molar-refractivity contribution in [1.29, 1.82) is 0 Å². The van der Waals surface area contributed by atoms with E-state index in [9.17, 15) is 14.7 Å². The SMILES string of the molecule is Cc1ccccc1-c1cnc(NC2CCCCC2)nc1N[C@@H](Cc1ccc(OC(=O)N(C)C)cc1)C(=O)O. The van der Waals surface area contributed by atoms with Crippen molar-refractivity contribution in [1.82, 2.24) is 14.9 Å². The van der Waals surface area contributed by atoms with Gasteiger partial charge in [-0.3, -0.25) is 0 Å². The number of carbonyl (C=O) groups is 2. The predicted octanol–water partition coefficient (Wildman–Crippen LogP) is 5.36. The third-order valence-corrected chi connectivity index (χ3v) is 6.70. The van der Waals surface area contributed by atoms with Gasteiger partial charge in [0.25, 0.3) is 0 Å². The Labute approximate surface area is 223 Å². The summed E-state index contributed by atoms with van der Waals surface area (Å²) in [5.74, 6) is 0.358. The molecule has 9 heteroatoms. The first-order chi connectivity index (χ1) is 18.3. The highest BCUT2D eigenvalue weighted by molar-refractivity contribution is 5.83. The zero-order chi connectivity index (χ0) is 27.1. The van der Waals surface area contributed by atoms with Gasteiger partial charge in [-0.15, -0.1) is 0 Å². The smallest absolute Gasteiger partial charge is 0.414 e. The van der Waals surface area contributed by atoms with E-state index in [4.69, 9.17) is 9.72 Å². The number of nitrogens with zero attached hydrogens (tertiary/aromatic N) is 3. The van der Waals surface area contributed by atoms with Crippen LogP contribution in [0, 0.1) is 6.92 Å². The zero-order valence-corrected chi connectivity index (χ0v) is 22.1. The number of aryl methyl sites for hydroxylation is 1. The van der Waals surface area contributed by atoms with Crippen molar-refractivity contribution in [3.63, 3.8) is 0 Å². The molecule has 0 saturated heterocycles. The molecule has 0 spiro atoms. The maximum Gasteiger partial charge on any atom is 0.414 e. The van der Waals surface area contributed by atoms with E-state index < -0.39 is 18.1 Å². The van der Waals surface area contributed by atoms with Crippen molar-refractivity contribution in [2.45, 2.75) is 57.5 Å². The summed E-state index contributed by atoms with van der Waals surface area (Å²) in [7, 11) is 3.21. The number of rotatable bonds is 9. The Morgan fingerprint density at radius 2 is 1.76 bits per heavy atom. The molecule has 3 N–H and O–H groups in total. The highest BCUT2D eigenvalue weighted by Crippen LogP contribution is 2.31. The Balaban J connectivity index is 1.58. The number of nitrogens with one attached hydrogen (secondary N) is 2. The van der Waals surface area contributed by atoms with E-state index in [2.05, 4.69) is 15.6 Å². The Hall–Kier alpha value is -4.14. The molecule has 0 radical (unpaired) electrons. The number of anilines is 2. The average molecular weight is 518 g/mol. The van der Waals surface area contributed by atoms with Crippen LogP contribution in [-0.2, 0) is 11.2 Å². The second kappa shape index (κ2) is 12.4. The van der Waals surface area contributed by atoms with Crippen molar-refractivity contribution >= 4 is 23.8 Å². The Kier molecular flexibility index (Phi) is 8.78. The summed E-state index contributed by atoms with van der Waals surface area (Å²) < 4.78 is 5.26. The van der Waals surface area contributed by atoms with Crippen LogP contribution in [0.1, 0.15) is 43.2 Å². The molecular weight excluding hydrogens is 482 g/mol. The van der Waals surface area contributed by atoms with Crippen LogP contribution in [0.2, 0.25) is 0 Å². The fraction of sp³-hybridized carbons (Fsp3) is 0.379. The molecule has 1 fully saturated rings. The molecule has 0 unspecified atom stereocenters. The van der Waals surface area contributed by atoms with Gasteiger partial charge in [0.1, 0.15) is 17.6 Å². The molecule has 1 aliphatic carbocycles. The topological polar surface area (TPSA) is 117 Å². The van der Waals surface area contributed by atoms with Crippen LogP contribution in [-0.4, -0.2) is 58.2 Å². The zero-order valence-electron chi connectivity index (χ0n) is 22.1. The van der Waals surface area contributed by atoms with Gasteiger partial charge in [-0.2, -0.15) is 4.98 Å². The van der Waals surface area contributed by atoms with Crippen LogP contribution >= 0.6 is 0 Å². The lowest BCUT2D eigenvalue weighted by molar-refractivity contribution is -0.137. The van der Waals surface area contributed by atoms with Gasteiger partial charge in [-0.05, 0) is 48.6 Å². The van der Waals surface area contributed by atoms with Gasteiger partial charge >= 0.3 is 12.1 Å². The number of hydrogen-bond donors (Lipinski definition) is 3. The van der Waals surface area contributed by atoms with E-state index in [1.165, 1.54) is 24.2 Å². The van der Waals surface area contributed by atoms with Crippen LogP contribution in [0.25, 0.3) is 11.1 Å². The van der Waals surface area contributed by atoms with Crippen molar-refractivity contribution in [2.24, 2.45) is 0 Å². The molecule has 1 heterocycles. The fourth-order valence-corrected chi connectivity index (χ4v) is 4.55. The van der Waals surface area contributed by atoms with Crippen molar-refractivity contribution in [3.05, 3.63) is 65.9 Å². The van der Waals surface area contributed by atoms with E-state index in [0.29, 0.717) is 23.6 Å². The second-order valence-corrected chi connectivity index (χ2v) is 9.90. The third-order valence-electron chi connectivity index (χ3n) is 6.70. The Morgan fingerprint density at radius 1 is 1.05 bits per heavy atom. The molecule has 3 aromatic rings. The highest BCUT2D eigenvalue weighted by atomic mass is 16.6. The lowest BCUT2D eigenvalue weighted by Crippen LogP contribution is -2.32. The number of ether oxygens (including phenoxy) is 1. The first-order valence-electron chi connectivity index (χ1n) is 13.0. The van der Waals surface area contributed by atoms with E-state index in [1.54, 1.807) is 44.6 Å². The normalized spacial score (nSPS) is 14.4. The molecule has 1 aliphatic rings. The van der Waals surface area contributed by atoms with E-state index in [-0.39, 0.29) is 6.42 Å². The Morgan fingerprint density at radius 3 is 2.42 bits per heavy atom. The van der Waals surface area contributed by atoms with E-state index in [1.807, 2.05) is 31.2 Å². The minimum atomic E-state index is -0.996. The molecule has 0 aliphatic heterocycles. The average Bonchev–Trinajstić information content (AvgIpc) is 2.90. The lowest BCUT2D eigenvalue weighted by Gasteiger charge is -2.24. The van der Waals surface area contributed by atoms with Gasteiger partial charge in [0.05, 0.1) is 0 Å². The van der Waals surface area contributed by atoms with Crippen LogP contribution in [0.4, 0.5) is 16.6 Å². The van der Waals surface area contributed by atoms with Crippen LogP contribution < -0.4 is 15.4 Å². The van der Waals surface area contributed by atoms with Gasteiger partial charge in [-0.1, -0.05) is 55.7 Å². The van der Waals surface area contributed by atoms with E-state index >= 15 is 0 Å². The largest absolute Gasteiger partial charge is 0.480 e. The molecule has 1 amide bonds. The highest BCUT2D eigenvalue weighted by Gasteiger charge is 2.23. The summed E-state index contributed by atoms with van der Waals surface area (Å²) in [6.45, 7) is 2.01. The third kappa shape index (κ3) is 7.00. The monoisotopic (exact) mass is 517 g/mol. The number of benzene rings is 2. The van der Waals surface area contributed by atoms with Crippen molar-refractivity contribution in [3.8, 4) is 16.9 Å². The van der Waals surface area contributed by atoms with Crippen LogP contribution in [0.15, 0.2) is 54.7 Å². The minimum Gasteiger partial charge on any atom is -0.480 e. The van der Waals surface area contributed by atoms with Gasteiger partial charge < -0.3 is 25.4 Å². The van der Waals surface area contributed by atoms with Crippen molar-refractivity contribution in [2.75, 3.05) is 24.7 Å². The quantitative estimate of drug-likeness (QED) is 0.347. The number of amides is 1. The molecule has 4 rings (SSSR count). The molecule has 1 atom stereocenters. The van der Waals surface area contributed by atoms with Crippen LogP contribution in [0.5, 0.6) is 5.75 Å². The summed E-state index contributed by atoms with van der Waals surface area (Å²) in [5.41, 5.74) is 3.51.